The van der Waals surface area contributed by atoms with E-state index in [-0.39, 0.29) is 17.5 Å². The SMILES string of the molecule is Cc1cn([C@H]2C[C@@H](OC(=O)c3ccccc3C(C)N=[N+]=[N-])[C@@H](COP(=O)(O)OP(=O)(O)OP(=O)(O)O)O2)c(=O)[nH]c1=O. The molecule has 0 saturated carbocycles. The highest BCUT2D eigenvalue weighted by molar-refractivity contribution is 7.66. The number of aromatic amines is 1. The third kappa shape index (κ3) is 9.02. The minimum absolute atomic E-state index is 0.00969. The third-order valence-electron chi connectivity index (χ3n) is 5.57. The second-order valence-electron chi connectivity index (χ2n) is 8.64. The van der Waals surface area contributed by atoms with Crippen molar-refractivity contribution in [2.75, 3.05) is 6.61 Å². The molecule has 0 spiro atoms. The number of nitrogens with one attached hydrogen (secondary N) is 1. The van der Waals surface area contributed by atoms with Crippen LogP contribution in [-0.2, 0) is 36.3 Å². The van der Waals surface area contributed by atoms with Gasteiger partial charge in [0.05, 0.1) is 18.2 Å². The van der Waals surface area contributed by atoms with E-state index in [9.17, 15) is 37.9 Å². The lowest BCUT2D eigenvalue weighted by molar-refractivity contribution is -0.0512. The fraction of sp³-hybridized carbons (Fsp3) is 0.421. The molecule has 0 radical (unpaired) electrons. The van der Waals surface area contributed by atoms with Crippen LogP contribution in [0, 0.1) is 6.92 Å². The molecule has 2 aromatic rings. The van der Waals surface area contributed by atoms with Gasteiger partial charge < -0.3 is 29.0 Å². The van der Waals surface area contributed by atoms with Gasteiger partial charge in [-0.3, -0.25) is 18.9 Å². The summed E-state index contributed by atoms with van der Waals surface area (Å²) in [5, 5.41) is 3.56. The number of phosphoric acid groups is 3. The van der Waals surface area contributed by atoms with Crippen molar-refractivity contribution in [3.05, 3.63) is 78.4 Å². The third-order valence-corrected chi connectivity index (χ3v) is 9.37. The quantitative estimate of drug-likeness (QED) is 0.0718. The average Bonchev–Trinajstić information content (AvgIpc) is 3.25. The number of aromatic nitrogens is 2. The van der Waals surface area contributed by atoms with Crippen LogP contribution in [0.2, 0.25) is 0 Å². The number of carbonyl (C=O) groups excluding carboxylic acids is 1. The van der Waals surface area contributed by atoms with Crippen LogP contribution in [0.4, 0.5) is 0 Å². The Labute approximate surface area is 234 Å². The summed E-state index contributed by atoms with van der Waals surface area (Å²) >= 11 is 0. The zero-order valence-electron chi connectivity index (χ0n) is 21.5. The van der Waals surface area contributed by atoms with Crippen molar-refractivity contribution in [2.24, 2.45) is 5.11 Å². The van der Waals surface area contributed by atoms with Crippen molar-refractivity contribution in [3.63, 3.8) is 0 Å². The Kier molecular flexibility index (Phi) is 10.5. The number of carbonyl (C=O) groups is 1. The number of esters is 1. The predicted octanol–water partition coefficient (Wildman–Crippen LogP) is 2.07. The molecule has 1 aliphatic rings. The molecule has 23 heteroatoms. The van der Waals surface area contributed by atoms with E-state index in [4.69, 9.17) is 24.8 Å². The lowest BCUT2D eigenvalue weighted by atomic mass is 10.0. The molecule has 42 heavy (non-hydrogen) atoms. The first-order valence-electron chi connectivity index (χ1n) is 11.5. The van der Waals surface area contributed by atoms with E-state index >= 15 is 0 Å². The van der Waals surface area contributed by atoms with Crippen molar-refractivity contribution in [1.82, 2.24) is 9.55 Å². The van der Waals surface area contributed by atoms with Crippen LogP contribution in [0.15, 0.2) is 45.2 Å². The summed E-state index contributed by atoms with van der Waals surface area (Å²) in [6, 6.07) is 5.20. The van der Waals surface area contributed by atoms with Crippen LogP contribution < -0.4 is 11.2 Å². The summed E-state index contributed by atoms with van der Waals surface area (Å²) in [5.74, 6) is -0.951. The van der Waals surface area contributed by atoms with Gasteiger partial charge in [0.25, 0.3) is 5.56 Å². The molecule has 6 atom stereocenters. The van der Waals surface area contributed by atoms with Crippen molar-refractivity contribution in [2.45, 2.75) is 44.7 Å². The van der Waals surface area contributed by atoms with E-state index in [0.717, 1.165) is 10.8 Å². The first kappa shape index (κ1) is 33.6. The maximum Gasteiger partial charge on any atom is 0.490 e. The summed E-state index contributed by atoms with van der Waals surface area (Å²) in [5.41, 5.74) is 7.60. The Bertz CT molecular complexity index is 1650. The number of azide groups is 1. The van der Waals surface area contributed by atoms with Gasteiger partial charge in [0.1, 0.15) is 18.4 Å². The predicted molar refractivity (Wildman–Crippen MR) is 138 cm³/mol. The fourth-order valence-corrected chi connectivity index (χ4v) is 6.83. The summed E-state index contributed by atoms with van der Waals surface area (Å²) in [4.78, 5) is 78.7. The molecule has 2 heterocycles. The monoisotopic (exact) mass is 655 g/mol. The molecule has 1 aliphatic heterocycles. The first-order chi connectivity index (χ1) is 19.4. The van der Waals surface area contributed by atoms with Crippen molar-refractivity contribution < 1.29 is 60.7 Å². The van der Waals surface area contributed by atoms with Crippen molar-refractivity contribution >= 4 is 29.4 Å². The number of phosphoric ester groups is 1. The maximum absolute atomic E-state index is 13.1. The van der Waals surface area contributed by atoms with E-state index < -0.39 is 71.8 Å². The molecule has 20 nitrogen and oxygen atoms in total. The fourth-order valence-electron chi connectivity index (χ4n) is 3.80. The Balaban J connectivity index is 1.88. The van der Waals surface area contributed by atoms with Crippen LogP contribution in [0.5, 0.6) is 0 Å². The van der Waals surface area contributed by atoms with Gasteiger partial charge in [-0.25, -0.2) is 23.3 Å². The topological polar surface area (TPSA) is 299 Å². The van der Waals surface area contributed by atoms with E-state index in [1.165, 1.54) is 32.0 Å². The highest BCUT2D eigenvalue weighted by Crippen LogP contribution is 2.66. The molecule has 5 N–H and O–H groups in total. The zero-order valence-corrected chi connectivity index (χ0v) is 24.2. The van der Waals surface area contributed by atoms with Crippen LogP contribution in [-0.4, -0.2) is 53.9 Å². The molecular formula is C19H24N5O15P3. The number of hydrogen-bond donors (Lipinski definition) is 5. The molecule has 3 unspecified atom stereocenters. The Morgan fingerprint density at radius 1 is 1.19 bits per heavy atom. The largest absolute Gasteiger partial charge is 0.490 e. The molecule has 1 aromatic carbocycles. The number of benzene rings is 1. The summed E-state index contributed by atoms with van der Waals surface area (Å²) < 4.78 is 58.9. The second kappa shape index (κ2) is 13.1. The molecule has 1 aromatic heterocycles. The van der Waals surface area contributed by atoms with Crippen molar-refractivity contribution in [3.8, 4) is 0 Å². The van der Waals surface area contributed by atoms with E-state index in [2.05, 4.69) is 28.2 Å². The normalized spacial score (nSPS) is 22.4. The second-order valence-corrected chi connectivity index (χ2v) is 13.1. The minimum Gasteiger partial charge on any atom is -0.456 e. The van der Waals surface area contributed by atoms with E-state index in [1.807, 2.05) is 0 Å². The van der Waals surface area contributed by atoms with Crippen LogP contribution >= 0.6 is 23.5 Å². The molecule has 0 bridgehead atoms. The van der Waals surface area contributed by atoms with Crippen molar-refractivity contribution in [1.29, 1.82) is 0 Å². The lowest BCUT2D eigenvalue weighted by Crippen LogP contribution is -2.33. The smallest absolute Gasteiger partial charge is 0.456 e. The van der Waals surface area contributed by atoms with Gasteiger partial charge in [-0.2, -0.15) is 8.62 Å². The van der Waals surface area contributed by atoms with Gasteiger partial charge in [0.2, 0.25) is 0 Å². The van der Waals surface area contributed by atoms with Gasteiger partial charge >= 0.3 is 35.1 Å². The number of hydrogen-bond acceptors (Lipinski definition) is 12. The Hall–Kier alpha value is -2.95. The summed E-state index contributed by atoms with van der Waals surface area (Å²) in [6.45, 7) is 1.93. The number of nitrogens with zero attached hydrogens (tertiary/aromatic N) is 4. The van der Waals surface area contributed by atoms with Gasteiger partial charge in [0.15, 0.2) is 0 Å². The van der Waals surface area contributed by atoms with Crippen LogP contribution in [0.1, 0.15) is 47.1 Å². The Morgan fingerprint density at radius 3 is 2.50 bits per heavy atom. The van der Waals surface area contributed by atoms with Crippen LogP contribution in [0.3, 0.4) is 0 Å². The molecular weight excluding hydrogens is 631 g/mol. The van der Waals surface area contributed by atoms with E-state index in [0.29, 0.717) is 5.56 Å². The maximum atomic E-state index is 13.1. The Morgan fingerprint density at radius 2 is 1.86 bits per heavy atom. The van der Waals surface area contributed by atoms with Crippen LogP contribution in [0.25, 0.3) is 10.4 Å². The number of H-pyrrole nitrogens is 1. The zero-order chi connectivity index (χ0) is 31.5. The standard InChI is InChI=1S/C19H24N5O15P3/c1-10-8-24(19(27)21-17(10)25)16-7-14(37-18(26)13-6-4-3-5-12(13)11(2)22-23-20)15(36-16)9-35-41(31,32)39-42(33,34)38-40(28,29)30/h3-6,8,11,14-16H,7,9H2,1-2H3,(H,31,32)(H,33,34)(H,21,25,27)(H2,28,29,30)/t11?,14-,15-,16-/m1/s1. The summed E-state index contributed by atoms with van der Waals surface area (Å²) in [6.07, 6.45) is -3.11. The van der Waals surface area contributed by atoms with Gasteiger partial charge in [0, 0.05) is 23.1 Å². The van der Waals surface area contributed by atoms with E-state index in [1.54, 1.807) is 6.07 Å². The molecule has 0 aliphatic carbocycles. The van der Waals surface area contributed by atoms with Gasteiger partial charge in [-0.05, 0) is 24.1 Å². The first-order valence-corrected chi connectivity index (χ1v) is 16.0. The number of rotatable bonds is 12. The molecule has 3 rings (SSSR count). The van der Waals surface area contributed by atoms with Gasteiger partial charge in [-0.15, -0.1) is 0 Å². The number of aryl methyl sites for hydroxylation is 1. The minimum atomic E-state index is -5.81. The molecule has 0 amide bonds. The number of ether oxygens (including phenoxy) is 2. The highest BCUT2D eigenvalue weighted by atomic mass is 31.3. The highest BCUT2D eigenvalue weighted by Gasteiger charge is 2.44. The van der Waals surface area contributed by atoms with Gasteiger partial charge in [-0.1, -0.05) is 30.2 Å². The average molecular weight is 655 g/mol. The lowest BCUT2D eigenvalue weighted by Gasteiger charge is -2.21. The molecule has 1 saturated heterocycles. The molecule has 230 valence electrons. The summed E-state index contributed by atoms with van der Waals surface area (Å²) in [7, 11) is -17.0. The molecule has 1 fully saturated rings.